The fourth-order valence-electron chi connectivity index (χ4n) is 1.28. The van der Waals surface area contributed by atoms with Crippen LogP contribution in [0.2, 0.25) is 15.1 Å². The molecule has 1 heterocycles. The number of pyridine rings is 1. The minimum Gasteiger partial charge on any atom is -0.437 e. The van der Waals surface area contributed by atoms with Crippen LogP contribution in [0, 0.1) is 0 Å². The molecule has 0 saturated heterocycles. The van der Waals surface area contributed by atoms with Crippen LogP contribution in [-0.2, 0) is 0 Å². The van der Waals surface area contributed by atoms with Crippen molar-refractivity contribution < 1.29 is 4.74 Å². The van der Waals surface area contributed by atoms with Crippen LogP contribution in [0.3, 0.4) is 0 Å². The van der Waals surface area contributed by atoms with Gasteiger partial charge in [0.05, 0.1) is 15.1 Å². The molecule has 0 atom stereocenters. The normalized spacial score (nSPS) is 10.3. The fourth-order valence-corrected chi connectivity index (χ4v) is 1.98. The van der Waals surface area contributed by atoms with Crippen LogP contribution in [-0.4, -0.2) is 9.97 Å². The molecule has 0 aliphatic rings. The second-order valence-corrected chi connectivity index (χ2v) is 5.21. The van der Waals surface area contributed by atoms with Crippen molar-refractivity contribution in [1.82, 2.24) is 4.98 Å². The minimum atomic E-state index is 0.270. The van der Waals surface area contributed by atoms with Crippen molar-refractivity contribution in [2.45, 2.75) is 0 Å². The van der Waals surface area contributed by atoms with Crippen molar-refractivity contribution >= 4 is 52.0 Å². The van der Waals surface area contributed by atoms with Crippen LogP contribution in [0.1, 0.15) is 5.56 Å². The molecule has 0 bridgehead atoms. The van der Waals surface area contributed by atoms with Gasteiger partial charge in [-0.25, -0.2) is 4.98 Å². The summed E-state index contributed by atoms with van der Waals surface area (Å²) < 4.78 is 5.51. The molecule has 1 aromatic carbocycles. The third-order valence-corrected chi connectivity index (χ3v) is 3.46. The maximum atomic E-state index is 6.00. The molecule has 0 aliphatic carbocycles. The van der Waals surface area contributed by atoms with Gasteiger partial charge >= 0.3 is 0 Å². The Hall–Kier alpha value is -1.07. The standard InChI is InChI=1S/C12H7Cl3N2OS/c13-7-3-9(15)10(4-8(7)14)18-11-2-1-6(5-17-11)12(16)19/h1-5H,(H2,16,19). The first-order chi connectivity index (χ1) is 8.97. The monoisotopic (exact) mass is 332 g/mol. The Bertz CT molecular complexity index is 632. The average Bonchev–Trinajstić information content (AvgIpc) is 2.36. The van der Waals surface area contributed by atoms with Crippen LogP contribution in [0.25, 0.3) is 0 Å². The average molecular weight is 334 g/mol. The Labute approximate surface area is 130 Å². The van der Waals surface area contributed by atoms with Gasteiger partial charge in [-0.05, 0) is 12.1 Å². The summed E-state index contributed by atoms with van der Waals surface area (Å²) in [7, 11) is 0. The largest absolute Gasteiger partial charge is 0.437 e. The van der Waals surface area contributed by atoms with Crippen molar-refractivity contribution in [2.24, 2.45) is 5.73 Å². The van der Waals surface area contributed by atoms with Crippen molar-refractivity contribution in [3.63, 3.8) is 0 Å². The van der Waals surface area contributed by atoms with Gasteiger partial charge in [0.15, 0.2) is 0 Å². The molecule has 0 aliphatic heterocycles. The van der Waals surface area contributed by atoms with E-state index in [1.165, 1.54) is 18.3 Å². The summed E-state index contributed by atoms with van der Waals surface area (Å²) in [4.78, 5) is 4.33. The van der Waals surface area contributed by atoms with Crippen molar-refractivity contribution in [3.8, 4) is 11.6 Å². The molecule has 2 rings (SSSR count). The van der Waals surface area contributed by atoms with Gasteiger partial charge in [-0.3, -0.25) is 0 Å². The Morgan fingerprint density at radius 1 is 1.11 bits per heavy atom. The van der Waals surface area contributed by atoms with Gasteiger partial charge in [0.1, 0.15) is 10.7 Å². The van der Waals surface area contributed by atoms with Gasteiger partial charge in [0, 0.05) is 23.9 Å². The molecule has 2 N–H and O–H groups in total. The molecule has 2 aromatic rings. The smallest absolute Gasteiger partial charge is 0.219 e. The fraction of sp³-hybridized carbons (Fsp3) is 0. The zero-order valence-corrected chi connectivity index (χ0v) is 12.4. The quantitative estimate of drug-likeness (QED) is 0.665. The zero-order chi connectivity index (χ0) is 14.0. The molecule has 0 saturated carbocycles. The molecule has 0 amide bonds. The lowest BCUT2D eigenvalue weighted by Gasteiger charge is -2.08. The van der Waals surface area contributed by atoms with E-state index in [2.05, 4.69) is 4.98 Å². The molecule has 3 nitrogen and oxygen atoms in total. The number of hydrogen-bond donors (Lipinski definition) is 1. The van der Waals surface area contributed by atoms with E-state index in [4.69, 9.17) is 57.5 Å². The molecular formula is C12H7Cl3N2OS. The van der Waals surface area contributed by atoms with E-state index in [1.807, 2.05) is 0 Å². The first kappa shape index (κ1) is 14.3. The molecule has 7 heteroatoms. The number of hydrogen-bond acceptors (Lipinski definition) is 3. The lowest BCUT2D eigenvalue weighted by Crippen LogP contribution is -2.09. The van der Waals surface area contributed by atoms with E-state index >= 15 is 0 Å². The molecule has 0 unspecified atom stereocenters. The topological polar surface area (TPSA) is 48.1 Å². The predicted molar refractivity (Wildman–Crippen MR) is 81.7 cm³/mol. The summed E-state index contributed by atoms with van der Waals surface area (Å²) in [6, 6.07) is 6.36. The summed E-state index contributed by atoms with van der Waals surface area (Å²) >= 11 is 22.6. The highest BCUT2D eigenvalue weighted by molar-refractivity contribution is 7.80. The number of benzene rings is 1. The first-order valence-corrected chi connectivity index (χ1v) is 6.60. The van der Waals surface area contributed by atoms with Crippen LogP contribution in [0.5, 0.6) is 11.6 Å². The third-order valence-electron chi connectivity index (χ3n) is 2.21. The molecule has 19 heavy (non-hydrogen) atoms. The second kappa shape index (κ2) is 5.92. The Balaban J connectivity index is 2.26. The van der Waals surface area contributed by atoms with E-state index in [-0.39, 0.29) is 4.99 Å². The molecule has 1 aromatic heterocycles. The van der Waals surface area contributed by atoms with Crippen LogP contribution in [0.4, 0.5) is 0 Å². The summed E-state index contributed by atoms with van der Waals surface area (Å²) in [5.41, 5.74) is 6.13. The Kier molecular flexibility index (Phi) is 4.47. The van der Waals surface area contributed by atoms with E-state index in [9.17, 15) is 0 Å². The third kappa shape index (κ3) is 3.48. The first-order valence-electron chi connectivity index (χ1n) is 5.05. The number of thiocarbonyl (C=S) groups is 1. The SMILES string of the molecule is NC(=S)c1ccc(Oc2cc(Cl)c(Cl)cc2Cl)nc1. The predicted octanol–water partition coefficient (Wildman–Crippen LogP) is 4.47. The highest BCUT2D eigenvalue weighted by Crippen LogP contribution is 2.35. The number of nitrogens with two attached hydrogens (primary N) is 1. The summed E-state index contributed by atoms with van der Waals surface area (Å²) in [6.07, 6.45) is 1.52. The lowest BCUT2D eigenvalue weighted by molar-refractivity contribution is 0.463. The second-order valence-electron chi connectivity index (χ2n) is 3.55. The van der Waals surface area contributed by atoms with Crippen LogP contribution >= 0.6 is 47.0 Å². The van der Waals surface area contributed by atoms with E-state index in [0.29, 0.717) is 32.3 Å². The molecule has 0 spiro atoms. The van der Waals surface area contributed by atoms with Crippen LogP contribution in [0.15, 0.2) is 30.5 Å². The van der Waals surface area contributed by atoms with Gasteiger partial charge in [-0.2, -0.15) is 0 Å². The van der Waals surface area contributed by atoms with Gasteiger partial charge < -0.3 is 10.5 Å². The molecular weight excluding hydrogens is 327 g/mol. The number of aromatic nitrogens is 1. The van der Waals surface area contributed by atoms with E-state index < -0.39 is 0 Å². The van der Waals surface area contributed by atoms with Gasteiger partial charge in [0.25, 0.3) is 0 Å². The molecule has 0 radical (unpaired) electrons. The van der Waals surface area contributed by atoms with Gasteiger partial charge in [-0.15, -0.1) is 0 Å². The maximum absolute atomic E-state index is 6.00. The zero-order valence-electron chi connectivity index (χ0n) is 9.36. The van der Waals surface area contributed by atoms with Crippen LogP contribution < -0.4 is 10.5 Å². The van der Waals surface area contributed by atoms with Gasteiger partial charge in [-0.1, -0.05) is 47.0 Å². The molecule has 98 valence electrons. The van der Waals surface area contributed by atoms with Crippen molar-refractivity contribution in [2.75, 3.05) is 0 Å². The van der Waals surface area contributed by atoms with Gasteiger partial charge in [0.2, 0.25) is 5.88 Å². The Morgan fingerprint density at radius 3 is 2.37 bits per heavy atom. The lowest BCUT2D eigenvalue weighted by atomic mass is 10.3. The number of ether oxygens (including phenoxy) is 1. The van der Waals surface area contributed by atoms with E-state index in [0.717, 1.165) is 0 Å². The van der Waals surface area contributed by atoms with E-state index in [1.54, 1.807) is 12.1 Å². The van der Waals surface area contributed by atoms with Crippen molar-refractivity contribution in [3.05, 3.63) is 51.1 Å². The Morgan fingerprint density at radius 2 is 1.79 bits per heavy atom. The number of halogens is 3. The number of nitrogens with zero attached hydrogens (tertiary/aromatic N) is 1. The maximum Gasteiger partial charge on any atom is 0.219 e. The summed E-state index contributed by atoms with van der Waals surface area (Å²) in [5, 5.41) is 1.05. The molecule has 0 fully saturated rings. The summed E-state index contributed by atoms with van der Waals surface area (Å²) in [6.45, 7) is 0. The van der Waals surface area contributed by atoms with Crippen molar-refractivity contribution in [1.29, 1.82) is 0 Å². The minimum absolute atomic E-state index is 0.270. The highest BCUT2D eigenvalue weighted by atomic mass is 35.5. The highest BCUT2D eigenvalue weighted by Gasteiger charge is 2.09. The number of rotatable bonds is 3. The summed E-state index contributed by atoms with van der Waals surface area (Å²) in [5.74, 6) is 0.715.